The third-order valence-corrected chi connectivity index (χ3v) is 2.25. The third-order valence-electron chi connectivity index (χ3n) is 2.25. The first-order valence-electron chi connectivity index (χ1n) is 4.67. The van der Waals surface area contributed by atoms with Gasteiger partial charge in [0.25, 0.3) is 0 Å². The first kappa shape index (κ1) is 11.9. The molecule has 1 heterocycles. The molecule has 1 saturated heterocycles. The van der Waals surface area contributed by atoms with Crippen LogP contribution in [0.3, 0.4) is 0 Å². The molecule has 0 bridgehead atoms. The van der Waals surface area contributed by atoms with Crippen LogP contribution in [-0.4, -0.2) is 23.8 Å². The summed E-state index contributed by atoms with van der Waals surface area (Å²) >= 11 is 0. The van der Waals surface area contributed by atoms with Gasteiger partial charge in [0.15, 0.2) is 0 Å². The van der Waals surface area contributed by atoms with E-state index in [0.29, 0.717) is 0 Å². The van der Waals surface area contributed by atoms with Crippen LogP contribution in [0.25, 0.3) is 0 Å². The summed E-state index contributed by atoms with van der Waals surface area (Å²) in [6.45, 7) is 4.46. The standard InChI is InChI=1S/C9H18N2.BrH/c1-2-3-4-7-11-8-5-6-9(11)10;/h10H,2-8H2,1H3;1H. The second-order valence-corrected chi connectivity index (χ2v) is 3.24. The lowest BCUT2D eigenvalue weighted by molar-refractivity contribution is 0.432. The van der Waals surface area contributed by atoms with Crippen LogP contribution < -0.4 is 0 Å². The van der Waals surface area contributed by atoms with Crippen molar-refractivity contribution in [3.63, 3.8) is 0 Å². The minimum absolute atomic E-state index is 0. The van der Waals surface area contributed by atoms with Crippen LogP contribution in [0.1, 0.15) is 39.0 Å². The zero-order valence-corrected chi connectivity index (χ0v) is 9.52. The molecule has 0 amide bonds. The number of halogens is 1. The molecule has 0 aromatic rings. The zero-order chi connectivity index (χ0) is 8.10. The number of nitrogens with zero attached hydrogens (tertiary/aromatic N) is 1. The van der Waals surface area contributed by atoms with Gasteiger partial charge in [-0.2, -0.15) is 0 Å². The molecule has 0 aliphatic carbocycles. The summed E-state index contributed by atoms with van der Waals surface area (Å²) in [5, 5.41) is 7.57. The van der Waals surface area contributed by atoms with Crippen molar-refractivity contribution in [1.82, 2.24) is 4.90 Å². The van der Waals surface area contributed by atoms with Gasteiger partial charge in [-0.1, -0.05) is 19.8 Å². The number of amidine groups is 1. The first-order chi connectivity index (χ1) is 5.34. The van der Waals surface area contributed by atoms with Gasteiger partial charge in [-0.3, -0.25) is 5.41 Å². The van der Waals surface area contributed by atoms with E-state index in [2.05, 4.69) is 11.8 Å². The van der Waals surface area contributed by atoms with E-state index in [1.54, 1.807) is 0 Å². The Morgan fingerprint density at radius 3 is 2.67 bits per heavy atom. The van der Waals surface area contributed by atoms with Crippen LogP contribution in [0.15, 0.2) is 0 Å². The summed E-state index contributed by atoms with van der Waals surface area (Å²) in [6.07, 6.45) is 6.06. The molecule has 1 aliphatic heterocycles. The Morgan fingerprint density at radius 1 is 1.42 bits per heavy atom. The molecule has 1 rings (SSSR count). The van der Waals surface area contributed by atoms with Crippen molar-refractivity contribution in [2.75, 3.05) is 13.1 Å². The molecule has 3 heteroatoms. The third kappa shape index (κ3) is 3.57. The van der Waals surface area contributed by atoms with Gasteiger partial charge in [-0.25, -0.2) is 0 Å². The van der Waals surface area contributed by atoms with Gasteiger partial charge in [-0.15, -0.1) is 17.0 Å². The lowest BCUT2D eigenvalue weighted by Gasteiger charge is -2.16. The Morgan fingerprint density at radius 2 is 2.17 bits per heavy atom. The fourth-order valence-corrected chi connectivity index (χ4v) is 1.53. The van der Waals surface area contributed by atoms with Crippen molar-refractivity contribution in [1.29, 1.82) is 5.41 Å². The SMILES string of the molecule is Br.CCCCCN1CCCC1=N. The fourth-order valence-electron chi connectivity index (χ4n) is 1.53. The van der Waals surface area contributed by atoms with Crippen LogP contribution in [-0.2, 0) is 0 Å². The molecule has 1 fully saturated rings. The monoisotopic (exact) mass is 234 g/mol. The number of rotatable bonds is 4. The van der Waals surface area contributed by atoms with E-state index in [1.807, 2.05) is 0 Å². The number of hydrogen-bond donors (Lipinski definition) is 1. The quantitative estimate of drug-likeness (QED) is 0.745. The molecule has 0 radical (unpaired) electrons. The summed E-state index contributed by atoms with van der Waals surface area (Å²) in [5.41, 5.74) is 0. The molecule has 0 saturated carbocycles. The van der Waals surface area contributed by atoms with Crippen molar-refractivity contribution < 1.29 is 0 Å². The first-order valence-corrected chi connectivity index (χ1v) is 4.67. The molecule has 0 atom stereocenters. The van der Waals surface area contributed by atoms with Crippen LogP contribution in [0.4, 0.5) is 0 Å². The maximum Gasteiger partial charge on any atom is 0.0958 e. The highest BCUT2D eigenvalue weighted by atomic mass is 79.9. The van der Waals surface area contributed by atoms with E-state index < -0.39 is 0 Å². The number of hydrogen-bond acceptors (Lipinski definition) is 1. The lowest BCUT2D eigenvalue weighted by Crippen LogP contribution is -2.24. The highest BCUT2D eigenvalue weighted by Gasteiger charge is 2.14. The molecular weight excluding hydrogens is 216 g/mol. The second kappa shape index (κ2) is 6.46. The number of likely N-dealkylation sites (tertiary alicyclic amines) is 1. The van der Waals surface area contributed by atoms with Gasteiger partial charge in [0.2, 0.25) is 0 Å². The van der Waals surface area contributed by atoms with E-state index >= 15 is 0 Å². The summed E-state index contributed by atoms with van der Waals surface area (Å²) in [5.74, 6) is 0.862. The topological polar surface area (TPSA) is 27.1 Å². The van der Waals surface area contributed by atoms with Gasteiger partial charge < -0.3 is 4.90 Å². The van der Waals surface area contributed by atoms with Gasteiger partial charge in [-0.05, 0) is 12.8 Å². The molecular formula is C9H19BrN2. The van der Waals surface area contributed by atoms with Crippen LogP contribution in [0.2, 0.25) is 0 Å². The normalized spacial score (nSPS) is 16.4. The molecule has 72 valence electrons. The van der Waals surface area contributed by atoms with Crippen LogP contribution in [0.5, 0.6) is 0 Å². The van der Waals surface area contributed by atoms with Crippen molar-refractivity contribution >= 4 is 22.8 Å². The van der Waals surface area contributed by atoms with Crippen molar-refractivity contribution in [3.05, 3.63) is 0 Å². The minimum atomic E-state index is 0. The molecule has 1 aliphatic rings. The zero-order valence-electron chi connectivity index (χ0n) is 7.81. The predicted molar refractivity (Wildman–Crippen MR) is 58.4 cm³/mol. The van der Waals surface area contributed by atoms with Crippen molar-refractivity contribution in [3.8, 4) is 0 Å². The Hall–Kier alpha value is -0.0500. The highest BCUT2D eigenvalue weighted by Crippen LogP contribution is 2.10. The van der Waals surface area contributed by atoms with Crippen molar-refractivity contribution in [2.24, 2.45) is 0 Å². The Bertz CT molecular complexity index is 136. The average Bonchev–Trinajstić information content (AvgIpc) is 2.37. The molecule has 0 unspecified atom stereocenters. The maximum absolute atomic E-state index is 7.57. The Balaban J connectivity index is 0.00000121. The minimum Gasteiger partial charge on any atom is -0.361 e. The average molecular weight is 235 g/mol. The number of unbranched alkanes of at least 4 members (excludes halogenated alkanes) is 2. The van der Waals surface area contributed by atoms with Gasteiger partial charge in [0, 0.05) is 19.5 Å². The Labute approximate surface area is 85.6 Å². The van der Waals surface area contributed by atoms with E-state index in [9.17, 15) is 0 Å². The van der Waals surface area contributed by atoms with E-state index in [4.69, 9.17) is 5.41 Å². The van der Waals surface area contributed by atoms with Crippen LogP contribution in [0, 0.1) is 5.41 Å². The molecule has 0 spiro atoms. The summed E-state index contributed by atoms with van der Waals surface area (Å²) in [4.78, 5) is 2.22. The van der Waals surface area contributed by atoms with E-state index in [0.717, 1.165) is 25.3 Å². The predicted octanol–water partition coefficient (Wildman–Crippen LogP) is 2.83. The van der Waals surface area contributed by atoms with Gasteiger partial charge in [0.05, 0.1) is 5.84 Å². The van der Waals surface area contributed by atoms with Gasteiger partial charge in [0.1, 0.15) is 0 Å². The Kier molecular flexibility index (Phi) is 6.44. The van der Waals surface area contributed by atoms with E-state index in [-0.39, 0.29) is 17.0 Å². The molecule has 2 nitrogen and oxygen atoms in total. The number of nitrogens with one attached hydrogen (secondary N) is 1. The molecule has 1 N–H and O–H groups in total. The molecule has 0 aromatic heterocycles. The highest BCUT2D eigenvalue weighted by molar-refractivity contribution is 8.93. The smallest absolute Gasteiger partial charge is 0.0958 e. The summed E-state index contributed by atoms with van der Waals surface area (Å²) < 4.78 is 0. The molecule has 0 aromatic carbocycles. The summed E-state index contributed by atoms with van der Waals surface area (Å²) in [6, 6.07) is 0. The van der Waals surface area contributed by atoms with Crippen molar-refractivity contribution in [2.45, 2.75) is 39.0 Å². The van der Waals surface area contributed by atoms with E-state index in [1.165, 1.54) is 25.7 Å². The molecule has 12 heavy (non-hydrogen) atoms. The fraction of sp³-hybridized carbons (Fsp3) is 0.889. The lowest BCUT2D eigenvalue weighted by atomic mass is 10.2. The maximum atomic E-state index is 7.57. The largest absolute Gasteiger partial charge is 0.361 e. The second-order valence-electron chi connectivity index (χ2n) is 3.24. The van der Waals surface area contributed by atoms with Crippen LogP contribution >= 0.6 is 17.0 Å². The van der Waals surface area contributed by atoms with Gasteiger partial charge >= 0.3 is 0 Å². The summed E-state index contributed by atoms with van der Waals surface area (Å²) in [7, 11) is 0.